The number of methoxy groups -OCH3 is 1. The van der Waals surface area contributed by atoms with Gasteiger partial charge in [-0.05, 0) is 44.8 Å². The van der Waals surface area contributed by atoms with Crippen LogP contribution >= 0.6 is 0 Å². The summed E-state index contributed by atoms with van der Waals surface area (Å²) < 4.78 is 6.71. The lowest BCUT2D eigenvalue weighted by Gasteiger charge is -2.25. The maximum absolute atomic E-state index is 12.8. The number of aryl methyl sites for hydroxylation is 1. The van der Waals surface area contributed by atoms with Crippen molar-refractivity contribution >= 4 is 16.6 Å². The second kappa shape index (κ2) is 9.79. The molecule has 0 bridgehead atoms. The first-order valence-electron chi connectivity index (χ1n) is 10.8. The van der Waals surface area contributed by atoms with Gasteiger partial charge in [-0.15, -0.1) is 0 Å². The molecule has 2 aromatic heterocycles. The molecule has 0 fully saturated rings. The van der Waals surface area contributed by atoms with Gasteiger partial charge in [-0.2, -0.15) is 5.10 Å². The van der Waals surface area contributed by atoms with Crippen LogP contribution in [0.5, 0.6) is 5.75 Å². The van der Waals surface area contributed by atoms with Gasteiger partial charge in [0, 0.05) is 18.0 Å². The lowest BCUT2D eigenvalue weighted by molar-refractivity contribution is 0.311. The van der Waals surface area contributed by atoms with Gasteiger partial charge >= 0.3 is 0 Å². The van der Waals surface area contributed by atoms with Gasteiger partial charge in [-0.1, -0.05) is 30.3 Å². The van der Waals surface area contributed by atoms with Crippen LogP contribution in [0.3, 0.4) is 0 Å². The molecule has 8 heteroatoms. The number of aromatic nitrogens is 4. The number of anilines is 1. The predicted molar refractivity (Wildman–Crippen MR) is 130 cm³/mol. The zero-order chi connectivity index (χ0) is 23.4. The van der Waals surface area contributed by atoms with Crippen molar-refractivity contribution in [2.24, 2.45) is 0 Å². The minimum Gasteiger partial charge on any atom is -0.497 e. The van der Waals surface area contributed by atoms with Crippen molar-refractivity contribution in [2.75, 3.05) is 33.1 Å². The zero-order valence-electron chi connectivity index (χ0n) is 19.3. The number of likely N-dealkylation sites (N-methyl/N-ethyl adjacent to an activating group) is 1. The second-order valence-electron chi connectivity index (χ2n) is 8.12. The van der Waals surface area contributed by atoms with Gasteiger partial charge < -0.3 is 15.0 Å². The van der Waals surface area contributed by atoms with Crippen LogP contribution in [-0.2, 0) is 6.54 Å². The number of hydrogen-bond acceptors (Lipinski definition) is 7. The Balaban J connectivity index is 1.53. The molecular formula is C25H28N6O2. The van der Waals surface area contributed by atoms with Gasteiger partial charge in [-0.3, -0.25) is 4.79 Å². The van der Waals surface area contributed by atoms with E-state index in [2.05, 4.69) is 37.4 Å². The molecule has 0 aliphatic rings. The Hall–Kier alpha value is -3.78. The van der Waals surface area contributed by atoms with E-state index in [0.717, 1.165) is 16.8 Å². The van der Waals surface area contributed by atoms with Crippen LogP contribution in [-0.4, -0.2) is 52.4 Å². The molecule has 0 saturated heterocycles. The largest absolute Gasteiger partial charge is 0.497 e. The van der Waals surface area contributed by atoms with Gasteiger partial charge in [0.15, 0.2) is 0 Å². The summed E-state index contributed by atoms with van der Waals surface area (Å²) in [6.07, 6.45) is 1.71. The molecule has 33 heavy (non-hydrogen) atoms. The highest BCUT2D eigenvalue weighted by atomic mass is 16.5. The highest BCUT2D eigenvalue weighted by Gasteiger charge is 2.15. The Labute approximate surface area is 192 Å². The van der Waals surface area contributed by atoms with E-state index in [0.29, 0.717) is 23.6 Å². The van der Waals surface area contributed by atoms with E-state index in [9.17, 15) is 4.79 Å². The van der Waals surface area contributed by atoms with Crippen molar-refractivity contribution in [1.29, 1.82) is 0 Å². The molecule has 1 unspecified atom stereocenters. The minimum absolute atomic E-state index is 0.133. The normalized spacial score (nSPS) is 12.2. The van der Waals surface area contributed by atoms with E-state index < -0.39 is 0 Å². The maximum atomic E-state index is 12.8. The predicted octanol–water partition coefficient (Wildman–Crippen LogP) is 3.27. The summed E-state index contributed by atoms with van der Waals surface area (Å²) >= 11 is 0. The molecular weight excluding hydrogens is 416 g/mol. The monoisotopic (exact) mass is 444 g/mol. The third-order valence-electron chi connectivity index (χ3n) is 5.57. The van der Waals surface area contributed by atoms with Gasteiger partial charge in [-0.25, -0.2) is 14.6 Å². The van der Waals surface area contributed by atoms with Crippen LogP contribution in [0.2, 0.25) is 0 Å². The average Bonchev–Trinajstić information content (AvgIpc) is 2.81. The van der Waals surface area contributed by atoms with Crippen LogP contribution < -0.4 is 15.6 Å². The van der Waals surface area contributed by atoms with Crippen molar-refractivity contribution < 1.29 is 4.74 Å². The fourth-order valence-electron chi connectivity index (χ4n) is 3.82. The van der Waals surface area contributed by atoms with Gasteiger partial charge in [0.2, 0.25) is 0 Å². The Morgan fingerprint density at radius 3 is 2.58 bits per heavy atom. The molecule has 4 rings (SSSR count). The van der Waals surface area contributed by atoms with Crippen LogP contribution in [0.4, 0.5) is 5.82 Å². The Bertz CT molecular complexity index is 1300. The summed E-state index contributed by atoms with van der Waals surface area (Å²) in [6.45, 7) is 2.78. The number of hydrogen-bond donors (Lipinski definition) is 1. The van der Waals surface area contributed by atoms with Crippen LogP contribution in [0.1, 0.15) is 23.1 Å². The summed E-state index contributed by atoms with van der Waals surface area (Å²) in [5.41, 5.74) is 1.76. The molecule has 0 saturated carbocycles. The third-order valence-corrected chi connectivity index (χ3v) is 5.57. The molecule has 0 amide bonds. The number of nitrogens with one attached hydrogen (secondary N) is 1. The highest BCUT2D eigenvalue weighted by molar-refractivity contribution is 5.80. The number of ether oxygens (including phenoxy) is 1. The number of benzene rings is 2. The number of fused-ring (bicyclic) bond motifs is 1. The van der Waals surface area contributed by atoms with Crippen LogP contribution in [0.15, 0.2) is 65.6 Å². The standard InChI is InChI=1S/C25H28N6O2/c1-17-28-20(16-31-25(32)22-8-6-5-7-19(22)14-27-31)13-24(29-17)26-15-23(30(2)3)18-9-11-21(33-4)12-10-18/h5-14,23H,15-16H2,1-4H3,(H,26,28,29). The number of nitrogens with zero attached hydrogens (tertiary/aromatic N) is 5. The van der Waals surface area contributed by atoms with Crippen molar-refractivity contribution in [3.63, 3.8) is 0 Å². The minimum atomic E-state index is -0.133. The fourth-order valence-corrected chi connectivity index (χ4v) is 3.82. The Kier molecular flexibility index (Phi) is 6.65. The van der Waals surface area contributed by atoms with Crippen molar-refractivity contribution in [1.82, 2.24) is 24.6 Å². The molecule has 0 aliphatic heterocycles. The van der Waals surface area contributed by atoms with Crippen molar-refractivity contribution in [3.8, 4) is 5.75 Å². The lowest BCUT2D eigenvalue weighted by Crippen LogP contribution is -2.27. The SMILES string of the molecule is COc1ccc(C(CNc2cc(Cn3ncc4ccccc4c3=O)nc(C)n2)N(C)C)cc1. The number of rotatable bonds is 8. The molecule has 0 aliphatic carbocycles. The summed E-state index contributed by atoms with van der Waals surface area (Å²) in [7, 11) is 5.76. The third kappa shape index (κ3) is 5.18. The average molecular weight is 445 g/mol. The summed E-state index contributed by atoms with van der Waals surface area (Å²) in [5, 5.41) is 9.22. The van der Waals surface area contributed by atoms with Crippen molar-refractivity contribution in [2.45, 2.75) is 19.5 Å². The summed E-state index contributed by atoms with van der Waals surface area (Å²) in [6, 6.07) is 17.5. The van der Waals surface area contributed by atoms with E-state index in [1.807, 2.05) is 63.5 Å². The molecule has 0 radical (unpaired) electrons. The Morgan fingerprint density at radius 2 is 1.85 bits per heavy atom. The van der Waals surface area contributed by atoms with Crippen LogP contribution in [0, 0.1) is 6.92 Å². The lowest BCUT2D eigenvalue weighted by atomic mass is 10.1. The van der Waals surface area contributed by atoms with Gasteiger partial charge in [0.1, 0.15) is 17.4 Å². The first-order chi connectivity index (χ1) is 15.9. The fraction of sp³-hybridized carbons (Fsp3) is 0.280. The topological polar surface area (TPSA) is 85.2 Å². The molecule has 1 N–H and O–H groups in total. The first kappa shape index (κ1) is 22.4. The molecule has 1 atom stereocenters. The van der Waals surface area contributed by atoms with E-state index >= 15 is 0 Å². The van der Waals surface area contributed by atoms with Crippen molar-refractivity contribution in [3.05, 3.63) is 88.2 Å². The molecule has 2 heterocycles. The van der Waals surface area contributed by atoms with Gasteiger partial charge in [0.25, 0.3) is 5.56 Å². The zero-order valence-corrected chi connectivity index (χ0v) is 19.3. The quantitative estimate of drug-likeness (QED) is 0.446. The highest BCUT2D eigenvalue weighted by Crippen LogP contribution is 2.22. The molecule has 8 nitrogen and oxygen atoms in total. The molecule has 170 valence electrons. The van der Waals surface area contributed by atoms with Crippen LogP contribution in [0.25, 0.3) is 10.8 Å². The maximum Gasteiger partial charge on any atom is 0.274 e. The van der Waals surface area contributed by atoms with E-state index in [-0.39, 0.29) is 18.1 Å². The van der Waals surface area contributed by atoms with E-state index in [4.69, 9.17) is 4.74 Å². The van der Waals surface area contributed by atoms with Gasteiger partial charge in [0.05, 0.1) is 37.0 Å². The molecule has 0 spiro atoms. The Morgan fingerprint density at radius 1 is 1.09 bits per heavy atom. The van der Waals surface area contributed by atoms with E-state index in [1.165, 1.54) is 10.2 Å². The first-order valence-corrected chi connectivity index (χ1v) is 10.8. The second-order valence-corrected chi connectivity index (χ2v) is 8.12. The summed E-state index contributed by atoms with van der Waals surface area (Å²) in [5.74, 6) is 2.18. The summed E-state index contributed by atoms with van der Waals surface area (Å²) in [4.78, 5) is 24.0. The molecule has 4 aromatic rings. The van der Waals surface area contributed by atoms with E-state index in [1.54, 1.807) is 13.3 Å². The molecule has 2 aromatic carbocycles. The smallest absolute Gasteiger partial charge is 0.274 e.